The average molecular weight is 394 g/mol. The van der Waals surface area contributed by atoms with Gasteiger partial charge in [0.2, 0.25) is 15.9 Å². The monoisotopic (exact) mass is 394 g/mol. The molecular formula is C18H17F3N4OS. The molecule has 0 N–H and O–H groups in total. The maximum absolute atomic E-state index is 13.0. The number of rotatable bonds is 5. The molecule has 27 heavy (non-hydrogen) atoms. The van der Waals surface area contributed by atoms with Crippen molar-refractivity contribution in [3.63, 3.8) is 0 Å². The maximum Gasteiger partial charge on any atom is 0.445 e. The molecule has 2 heterocycles. The highest BCUT2D eigenvalue weighted by Crippen LogP contribution is 2.35. The molecule has 0 bridgehead atoms. The van der Waals surface area contributed by atoms with Gasteiger partial charge in [0, 0.05) is 24.7 Å². The van der Waals surface area contributed by atoms with Crippen LogP contribution in [-0.4, -0.2) is 38.5 Å². The van der Waals surface area contributed by atoms with Crippen LogP contribution in [0, 0.1) is 0 Å². The summed E-state index contributed by atoms with van der Waals surface area (Å²) in [5.74, 6) is -0.222. The first-order valence-corrected chi connectivity index (χ1v) is 9.16. The summed E-state index contributed by atoms with van der Waals surface area (Å²) in [6, 6.07) is 9.07. The van der Waals surface area contributed by atoms with Crippen molar-refractivity contribution in [2.45, 2.75) is 20.0 Å². The van der Waals surface area contributed by atoms with Crippen molar-refractivity contribution < 1.29 is 18.0 Å². The van der Waals surface area contributed by atoms with Gasteiger partial charge in [0.15, 0.2) is 0 Å². The van der Waals surface area contributed by atoms with E-state index in [9.17, 15) is 18.0 Å². The first kappa shape index (κ1) is 19.1. The minimum Gasteiger partial charge on any atom is -0.340 e. The topological polar surface area (TPSA) is 50.5 Å². The Labute approximate surface area is 157 Å². The van der Waals surface area contributed by atoms with Gasteiger partial charge in [0.1, 0.15) is 0 Å². The summed E-state index contributed by atoms with van der Waals surface area (Å²) in [5, 5.41) is 2.69. The molecule has 0 fully saturated rings. The van der Waals surface area contributed by atoms with E-state index in [1.165, 1.54) is 12.2 Å². The number of nitrogens with zero attached hydrogens (tertiary/aromatic N) is 4. The SMILES string of the molecule is CCN(CC)C(=O)/C=C/c1c(-c2ccccc2)nc2sc(C(F)(F)F)nn12. The smallest absolute Gasteiger partial charge is 0.340 e. The number of amides is 1. The fourth-order valence-electron chi connectivity index (χ4n) is 2.63. The highest BCUT2D eigenvalue weighted by atomic mass is 32.1. The van der Waals surface area contributed by atoms with Gasteiger partial charge >= 0.3 is 6.18 Å². The van der Waals surface area contributed by atoms with E-state index in [0.29, 0.717) is 35.8 Å². The number of carbonyl (C=O) groups is 1. The van der Waals surface area contributed by atoms with Gasteiger partial charge in [-0.25, -0.2) is 9.50 Å². The minimum atomic E-state index is -4.55. The summed E-state index contributed by atoms with van der Waals surface area (Å²) < 4.78 is 40.1. The van der Waals surface area contributed by atoms with E-state index in [1.807, 2.05) is 32.0 Å². The molecule has 1 aromatic carbocycles. The van der Waals surface area contributed by atoms with Gasteiger partial charge < -0.3 is 4.90 Å². The molecule has 5 nitrogen and oxygen atoms in total. The zero-order valence-electron chi connectivity index (χ0n) is 14.7. The second-order valence-electron chi connectivity index (χ2n) is 5.65. The average Bonchev–Trinajstić information content (AvgIpc) is 3.20. The van der Waals surface area contributed by atoms with Crippen molar-refractivity contribution in [1.29, 1.82) is 0 Å². The summed E-state index contributed by atoms with van der Waals surface area (Å²) in [7, 11) is 0. The molecule has 0 saturated carbocycles. The number of carbonyl (C=O) groups excluding carboxylic acids is 1. The molecule has 3 rings (SSSR count). The van der Waals surface area contributed by atoms with E-state index in [1.54, 1.807) is 17.0 Å². The number of hydrogen-bond acceptors (Lipinski definition) is 4. The van der Waals surface area contributed by atoms with Crippen LogP contribution in [0.5, 0.6) is 0 Å². The van der Waals surface area contributed by atoms with Crippen LogP contribution in [0.4, 0.5) is 13.2 Å². The van der Waals surface area contributed by atoms with Crippen molar-refractivity contribution in [2.75, 3.05) is 13.1 Å². The Hall–Kier alpha value is -2.68. The van der Waals surface area contributed by atoms with E-state index >= 15 is 0 Å². The van der Waals surface area contributed by atoms with Crippen molar-refractivity contribution >= 4 is 28.3 Å². The Balaban J connectivity index is 2.11. The molecule has 0 aliphatic carbocycles. The molecule has 0 unspecified atom stereocenters. The van der Waals surface area contributed by atoms with Crippen LogP contribution in [0.1, 0.15) is 24.5 Å². The van der Waals surface area contributed by atoms with Crippen LogP contribution in [-0.2, 0) is 11.0 Å². The van der Waals surface area contributed by atoms with Gasteiger partial charge in [-0.2, -0.15) is 13.2 Å². The standard InChI is InChI=1S/C18H17F3N4OS/c1-3-24(4-2)14(26)11-10-13-15(12-8-6-5-7-9-12)22-17-25(13)23-16(27-17)18(19,20)21/h5-11H,3-4H2,1-2H3/b11-10+. The van der Waals surface area contributed by atoms with Crippen LogP contribution in [0.15, 0.2) is 36.4 Å². The van der Waals surface area contributed by atoms with Gasteiger partial charge in [0.25, 0.3) is 0 Å². The fourth-order valence-corrected chi connectivity index (χ4v) is 3.40. The fraction of sp³-hybridized carbons (Fsp3) is 0.278. The van der Waals surface area contributed by atoms with Crippen LogP contribution in [0.3, 0.4) is 0 Å². The zero-order valence-corrected chi connectivity index (χ0v) is 15.5. The molecule has 0 radical (unpaired) electrons. The number of hydrogen-bond donors (Lipinski definition) is 0. The summed E-state index contributed by atoms with van der Waals surface area (Å²) in [5.41, 5.74) is 1.55. The van der Waals surface area contributed by atoms with Crippen LogP contribution in [0.2, 0.25) is 0 Å². The number of benzene rings is 1. The van der Waals surface area contributed by atoms with E-state index in [2.05, 4.69) is 10.1 Å². The molecule has 0 saturated heterocycles. The Morgan fingerprint density at radius 2 is 1.89 bits per heavy atom. The largest absolute Gasteiger partial charge is 0.445 e. The highest BCUT2D eigenvalue weighted by molar-refractivity contribution is 7.16. The van der Waals surface area contributed by atoms with E-state index in [4.69, 9.17) is 0 Å². The first-order chi connectivity index (χ1) is 12.8. The molecule has 2 aromatic heterocycles. The van der Waals surface area contributed by atoms with Crippen molar-refractivity contribution in [3.8, 4) is 11.3 Å². The van der Waals surface area contributed by atoms with Gasteiger partial charge in [0.05, 0.1) is 11.4 Å². The molecular weight excluding hydrogens is 377 g/mol. The van der Waals surface area contributed by atoms with Gasteiger partial charge in [-0.1, -0.05) is 41.7 Å². The zero-order chi connectivity index (χ0) is 19.6. The van der Waals surface area contributed by atoms with Crippen molar-refractivity contribution in [2.24, 2.45) is 0 Å². The van der Waals surface area contributed by atoms with Crippen molar-refractivity contribution in [3.05, 3.63) is 47.1 Å². The third-order valence-corrected chi connectivity index (χ3v) is 4.94. The molecule has 142 valence electrons. The number of fused-ring (bicyclic) bond motifs is 1. The molecule has 1 amide bonds. The number of likely N-dealkylation sites (N-methyl/N-ethyl adjacent to an activating group) is 1. The summed E-state index contributed by atoms with van der Waals surface area (Å²) in [6.45, 7) is 4.80. The molecule has 9 heteroatoms. The van der Waals surface area contributed by atoms with Crippen LogP contribution in [0.25, 0.3) is 22.3 Å². The molecule has 0 spiro atoms. The lowest BCUT2D eigenvalue weighted by Crippen LogP contribution is -2.28. The molecule has 3 aromatic rings. The first-order valence-electron chi connectivity index (χ1n) is 8.34. The van der Waals surface area contributed by atoms with E-state index in [-0.39, 0.29) is 10.9 Å². The lowest BCUT2D eigenvalue weighted by molar-refractivity contribution is -0.138. The molecule has 0 aliphatic rings. The normalized spacial score (nSPS) is 12.2. The molecule has 0 aliphatic heterocycles. The van der Waals surface area contributed by atoms with E-state index < -0.39 is 11.2 Å². The second-order valence-corrected chi connectivity index (χ2v) is 6.61. The highest BCUT2D eigenvalue weighted by Gasteiger charge is 2.36. The Kier molecular flexibility index (Phi) is 5.31. The summed E-state index contributed by atoms with van der Waals surface area (Å²) in [6.07, 6.45) is -1.73. The third-order valence-electron chi connectivity index (χ3n) is 3.99. The number of aromatic nitrogens is 3. The van der Waals surface area contributed by atoms with Crippen LogP contribution < -0.4 is 0 Å². The van der Waals surface area contributed by atoms with Gasteiger partial charge in [-0.05, 0) is 19.9 Å². The Morgan fingerprint density at radius 3 is 2.48 bits per heavy atom. The number of imidazole rings is 1. The minimum absolute atomic E-state index is 0.121. The summed E-state index contributed by atoms with van der Waals surface area (Å²) in [4.78, 5) is 18.3. The number of halogens is 3. The quantitative estimate of drug-likeness (QED) is 0.604. The van der Waals surface area contributed by atoms with Gasteiger partial charge in [-0.15, -0.1) is 5.10 Å². The van der Waals surface area contributed by atoms with Crippen LogP contribution >= 0.6 is 11.3 Å². The van der Waals surface area contributed by atoms with E-state index in [0.717, 1.165) is 10.1 Å². The Bertz CT molecular complexity index is 972. The Morgan fingerprint density at radius 1 is 1.22 bits per heavy atom. The van der Waals surface area contributed by atoms with Crippen molar-refractivity contribution in [1.82, 2.24) is 19.5 Å². The lowest BCUT2D eigenvalue weighted by atomic mass is 10.1. The lowest BCUT2D eigenvalue weighted by Gasteiger charge is -2.15. The number of alkyl halides is 3. The predicted octanol–water partition coefficient (Wildman–Crippen LogP) is 4.36. The predicted molar refractivity (Wildman–Crippen MR) is 98.3 cm³/mol. The molecule has 0 atom stereocenters. The second kappa shape index (κ2) is 7.51. The summed E-state index contributed by atoms with van der Waals surface area (Å²) >= 11 is 0.470. The van der Waals surface area contributed by atoms with Gasteiger partial charge in [-0.3, -0.25) is 4.79 Å². The maximum atomic E-state index is 13.0. The third kappa shape index (κ3) is 3.87.